The molecule has 55 heavy (non-hydrogen) atoms. The Kier molecular flexibility index (Phi) is 13.5. The van der Waals surface area contributed by atoms with Gasteiger partial charge in [-0.3, -0.25) is 29.1 Å². The fraction of sp³-hybridized carbons (Fsp3) is 0.512. The number of allylic oxidation sites excluding steroid dienone is 1. The van der Waals surface area contributed by atoms with Gasteiger partial charge in [0, 0.05) is 55.0 Å². The molecule has 2 aromatic heterocycles. The molecule has 1 saturated carbocycles. The predicted molar refractivity (Wildman–Crippen MR) is 196 cm³/mol. The Labute approximate surface area is 320 Å². The van der Waals surface area contributed by atoms with Crippen molar-refractivity contribution in [3.8, 4) is 0 Å². The number of fused-ring (bicyclic) bond motifs is 1. The fourth-order valence-electron chi connectivity index (χ4n) is 7.05. The van der Waals surface area contributed by atoms with Gasteiger partial charge in [0.15, 0.2) is 24.1 Å². The lowest BCUT2D eigenvalue weighted by Crippen LogP contribution is -2.58. The zero-order valence-electron chi connectivity index (χ0n) is 32.4. The minimum absolute atomic E-state index is 0.000128. The van der Waals surface area contributed by atoms with Gasteiger partial charge in [-0.25, -0.2) is 9.59 Å². The van der Waals surface area contributed by atoms with E-state index in [1.54, 1.807) is 54.5 Å². The number of pyridine rings is 2. The van der Waals surface area contributed by atoms with Crippen molar-refractivity contribution in [2.45, 2.75) is 104 Å². The monoisotopic (exact) mass is 762 g/mol. The highest BCUT2D eigenvalue weighted by Gasteiger charge is 2.63. The van der Waals surface area contributed by atoms with Crippen LogP contribution in [-0.2, 0) is 42.9 Å². The maximum atomic E-state index is 14.5. The molecule has 0 aliphatic heterocycles. The molecular weight excluding hydrogens is 712 g/mol. The summed E-state index contributed by atoms with van der Waals surface area (Å²) in [6.07, 6.45) is 0.435. The number of rotatable bonds is 9. The summed E-state index contributed by atoms with van der Waals surface area (Å²) >= 11 is 0. The number of esters is 5. The smallest absolute Gasteiger partial charge is 0.340 e. The first-order chi connectivity index (χ1) is 25.8. The highest BCUT2D eigenvalue weighted by atomic mass is 16.6. The van der Waals surface area contributed by atoms with Crippen LogP contribution in [0.15, 0.2) is 73.4 Å². The molecule has 0 amide bonds. The first-order valence-corrected chi connectivity index (χ1v) is 18.3. The summed E-state index contributed by atoms with van der Waals surface area (Å²) < 4.78 is 30.3. The number of Topliss-reactive ketones (excluding diaryl/α,β-unsaturated/α-hetero) is 1. The number of hydrogen-bond donors (Lipinski definition) is 1. The number of aliphatic hydroxyl groups is 1. The van der Waals surface area contributed by atoms with E-state index in [1.165, 1.54) is 55.1 Å². The Hall–Kier alpha value is -5.24. The van der Waals surface area contributed by atoms with Crippen LogP contribution < -0.4 is 0 Å². The van der Waals surface area contributed by atoms with E-state index in [0.29, 0.717) is 0 Å². The number of ketones is 1. The van der Waals surface area contributed by atoms with Crippen molar-refractivity contribution >= 4 is 35.6 Å². The van der Waals surface area contributed by atoms with Crippen molar-refractivity contribution in [1.82, 2.24) is 9.97 Å². The molecule has 4 rings (SSSR count). The second-order valence-corrected chi connectivity index (χ2v) is 15.1. The normalized spacial score (nSPS) is 29.8. The minimum atomic E-state index is -2.27. The van der Waals surface area contributed by atoms with Gasteiger partial charge in [-0.2, -0.15) is 0 Å². The van der Waals surface area contributed by atoms with E-state index >= 15 is 0 Å². The third kappa shape index (κ3) is 9.53. The third-order valence-corrected chi connectivity index (χ3v) is 9.98. The molecule has 2 aliphatic carbocycles. The number of nitrogens with zero attached hydrogens (tertiary/aromatic N) is 2. The fourth-order valence-corrected chi connectivity index (χ4v) is 7.05. The molecule has 0 bridgehead atoms. The number of carbonyl (C=O) groups excluding carboxylic acids is 6. The molecule has 2 aromatic rings. The van der Waals surface area contributed by atoms with Crippen LogP contribution >= 0.6 is 0 Å². The Morgan fingerprint density at radius 2 is 1.47 bits per heavy atom. The van der Waals surface area contributed by atoms with Gasteiger partial charge in [0.2, 0.25) is 0 Å². The van der Waals surface area contributed by atoms with Crippen LogP contribution in [0, 0.1) is 29.1 Å². The van der Waals surface area contributed by atoms with Gasteiger partial charge >= 0.3 is 29.8 Å². The molecule has 0 spiro atoms. The lowest BCUT2D eigenvalue weighted by atomic mass is 9.72. The molecule has 1 N–H and O–H groups in total. The molecule has 0 aromatic carbocycles. The van der Waals surface area contributed by atoms with E-state index in [1.807, 2.05) is 0 Å². The first kappa shape index (κ1) is 42.5. The van der Waals surface area contributed by atoms with E-state index in [0.717, 1.165) is 6.92 Å². The van der Waals surface area contributed by atoms with E-state index < -0.39 is 101 Å². The van der Waals surface area contributed by atoms with Crippen LogP contribution in [0.4, 0.5) is 0 Å². The third-order valence-electron chi connectivity index (χ3n) is 9.98. The molecule has 14 heteroatoms. The van der Waals surface area contributed by atoms with Crippen LogP contribution in [0.1, 0.15) is 88.9 Å². The SMILES string of the molecule is C=C1[C@H](OC(=O)C(C)C)[C@@H](OC(=O)c2cccnc2)[C@@H](OC(=O)c2cccnc2)C(C)(C)/C=C/[C@@H](C)C(=O)[C@@]2(O)C[C@H](C)[C@H](OC(=O)CC)[C@@H]2[C@H]1OC(C)=O. The van der Waals surface area contributed by atoms with Crippen LogP contribution in [-0.4, -0.2) is 86.8 Å². The Balaban J connectivity index is 2.07. The van der Waals surface area contributed by atoms with E-state index in [9.17, 15) is 33.9 Å². The van der Waals surface area contributed by atoms with Gasteiger partial charge in [0.1, 0.15) is 17.8 Å². The molecule has 0 radical (unpaired) electrons. The van der Waals surface area contributed by atoms with Gasteiger partial charge in [-0.15, -0.1) is 0 Å². The Morgan fingerprint density at radius 1 is 0.891 bits per heavy atom. The number of carbonyl (C=O) groups is 6. The van der Waals surface area contributed by atoms with Crippen molar-refractivity contribution in [2.75, 3.05) is 0 Å². The second-order valence-electron chi connectivity index (χ2n) is 15.1. The predicted octanol–water partition coefficient (Wildman–Crippen LogP) is 4.79. The summed E-state index contributed by atoms with van der Waals surface area (Å²) in [6, 6.07) is 5.95. The molecule has 2 aliphatic rings. The molecule has 0 saturated heterocycles. The standard InChI is InChI=1S/C41H50N2O12/c1-10-29(45)52-31-24(5)19-41(50)30(31)32(51-26(7)44)25(6)33(53-37(47)22(2)3)34(54-38(48)27-13-11-17-42-20-27)36(40(8,9)16-15-23(4)35(41)46)55-39(49)28-14-12-18-43-21-28/h11-18,20-24,30-34,36,50H,6,10,19H2,1-5,7-9H3/b16-15+/t23-,24+,30-,31+,32+,33+,34-,36-,41-/m1/s1. The van der Waals surface area contributed by atoms with Crippen LogP contribution in [0.5, 0.6) is 0 Å². The summed E-state index contributed by atoms with van der Waals surface area (Å²) in [7, 11) is 0. The lowest BCUT2D eigenvalue weighted by Gasteiger charge is -2.44. The quantitative estimate of drug-likeness (QED) is 0.208. The van der Waals surface area contributed by atoms with Crippen molar-refractivity contribution in [1.29, 1.82) is 0 Å². The average molecular weight is 763 g/mol. The molecule has 0 unspecified atom stereocenters. The van der Waals surface area contributed by atoms with Crippen molar-refractivity contribution in [3.63, 3.8) is 0 Å². The van der Waals surface area contributed by atoms with Crippen LogP contribution in [0.25, 0.3) is 0 Å². The zero-order chi connectivity index (χ0) is 40.8. The number of ether oxygens (including phenoxy) is 5. The zero-order valence-corrected chi connectivity index (χ0v) is 32.4. The van der Waals surface area contributed by atoms with Crippen molar-refractivity contribution < 1.29 is 57.6 Å². The summed E-state index contributed by atoms with van der Waals surface area (Å²) in [5.74, 6) is -8.68. The second kappa shape index (κ2) is 17.5. The molecule has 1 fully saturated rings. The first-order valence-electron chi connectivity index (χ1n) is 18.3. The van der Waals surface area contributed by atoms with Crippen molar-refractivity contribution in [3.05, 3.63) is 84.5 Å². The summed E-state index contributed by atoms with van der Waals surface area (Å²) in [6.45, 7) is 16.6. The topological polar surface area (TPSA) is 195 Å². The van der Waals surface area contributed by atoms with Gasteiger partial charge in [-0.05, 0) is 36.6 Å². The molecule has 2 heterocycles. The van der Waals surface area contributed by atoms with E-state index in [-0.39, 0.29) is 29.5 Å². The van der Waals surface area contributed by atoms with Gasteiger partial charge in [0.05, 0.1) is 23.0 Å². The Bertz CT molecular complexity index is 1790. The van der Waals surface area contributed by atoms with Gasteiger partial charge < -0.3 is 28.8 Å². The largest absolute Gasteiger partial charge is 0.461 e. The number of aromatic nitrogens is 2. The molecule has 9 atom stereocenters. The maximum absolute atomic E-state index is 14.5. The minimum Gasteiger partial charge on any atom is -0.461 e. The number of hydrogen-bond acceptors (Lipinski definition) is 14. The summed E-state index contributed by atoms with van der Waals surface area (Å²) in [5.41, 5.74) is -3.79. The summed E-state index contributed by atoms with van der Waals surface area (Å²) in [4.78, 5) is 89.7. The Morgan fingerprint density at radius 3 is 1.98 bits per heavy atom. The molecular formula is C41H50N2O12. The van der Waals surface area contributed by atoms with E-state index in [2.05, 4.69) is 16.5 Å². The highest BCUT2D eigenvalue weighted by Crippen LogP contribution is 2.49. The summed E-state index contributed by atoms with van der Waals surface area (Å²) in [5, 5.41) is 12.5. The average Bonchev–Trinajstić information content (AvgIpc) is 3.40. The van der Waals surface area contributed by atoms with Crippen molar-refractivity contribution in [2.24, 2.45) is 29.1 Å². The van der Waals surface area contributed by atoms with Crippen LogP contribution in [0.3, 0.4) is 0 Å². The molecule has 296 valence electrons. The van der Waals surface area contributed by atoms with Gasteiger partial charge in [0.25, 0.3) is 0 Å². The van der Waals surface area contributed by atoms with E-state index in [4.69, 9.17) is 23.7 Å². The lowest BCUT2D eigenvalue weighted by molar-refractivity contribution is -0.177. The van der Waals surface area contributed by atoms with Crippen LogP contribution in [0.2, 0.25) is 0 Å². The maximum Gasteiger partial charge on any atom is 0.340 e. The highest BCUT2D eigenvalue weighted by molar-refractivity contribution is 5.92. The molecule has 14 nitrogen and oxygen atoms in total. The van der Waals surface area contributed by atoms with Gasteiger partial charge in [-0.1, -0.05) is 67.2 Å².